The summed E-state index contributed by atoms with van der Waals surface area (Å²) in [5.41, 5.74) is 0. The van der Waals surface area contributed by atoms with Gasteiger partial charge in [-0.3, -0.25) is 9.69 Å². The third-order valence-corrected chi connectivity index (χ3v) is 5.70. The lowest BCUT2D eigenvalue weighted by Crippen LogP contribution is -2.54. The van der Waals surface area contributed by atoms with Gasteiger partial charge in [0.15, 0.2) is 0 Å². The molecule has 1 amide bonds. The van der Waals surface area contributed by atoms with Crippen LogP contribution in [0.2, 0.25) is 0 Å². The molecule has 0 bridgehead atoms. The molecule has 3 rings (SSSR count). The molecule has 0 spiro atoms. The molecule has 0 radical (unpaired) electrons. The maximum absolute atomic E-state index is 12.9. The van der Waals surface area contributed by atoms with Gasteiger partial charge < -0.3 is 10.2 Å². The summed E-state index contributed by atoms with van der Waals surface area (Å²) in [6.45, 7) is 7.23. The number of nitrogens with zero attached hydrogens (tertiary/aromatic N) is 2. The third-order valence-electron chi connectivity index (χ3n) is 5.70. The van der Waals surface area contributed by atoms with Crippen molar-refractivity contribution in [2.45, 2.75) is 64.0 Å². The summed E-state index contributed by atoms with van der Waals surface area (Å²) in [5, 5.41) is 3.34. The van der Waals surface area contributed by atoms with Crippen LogP contribution < -0.4 is 5.32 Å². The number of rotatable bonds is 2. The summed E-state index contributed by atoms with van der Waals surface area (Å²) < 4.78 is 0. The maximum Gasteiger partial charge on any atom is 0.240 e. The van der Waals surface area contributed by atoms with E-state index in [2.05, 4.69) is 22.0 Å². The summed E-state index contributed by atoms with van der Waals surface area (Å²) in [4.78, 5) is 17.5. The van der Waals surface area contributed by atoms with E-state index < -0.39 is 0 Å². The van der Waals surface area contributed by atoms with Gasteiger partial charge in [-0.15, -0.1) is 0 Å². The Bertz CT molecular complexity index is 354. The molecule has 4 nitrogen and oxygen atoms in total. The minimum Gasteiger partial charge on any atom is -0.339 e. The van der Waals surface area contributed by atoms with E-state index >= 15 is 0 Å². The summed E-state index contributed by atoms with van der Waals surface area (Å²) >= 11 is 0. The molecule has 0 aromatic carbocycles. The second-order valence-electron chi connectivity index (χ2n) is 7.24. The van der Waals surface area contributed by atoms with Gasteiger partial charge in [-0.2, -0.15) is 0 Å². The van der Waals surface area contributed by atoms with Crippen LogP contribution in [0.25, 0.3) is 0 Å². The highest BCUT2D eigenvalue weighted by Crippen LogP contribution is 2.31. The second kappa shape index (κ2) is 7.10. The Morgan fingerprint density at radius 3 is 2.57 bits per heavy atom. The molecule has 1 N–H and O–H groups in total. The van der Waals surface area contributed by atoms with Gasteiger partial charge in [-0.1, -0.05) is 19.8 Å². The lowest BCUT2D eigenvalue weighted by atomic mass is 10.0. The molecule has 21 heavy (non-hydrogen) atoms. The van der Waals surface area contributed by atoms with Crippen LogP contribution in [-0.4, -0.2) is 60.5 Å². The molecule has 2 aliphatic heterocycles. The van der Waals surface area contributed by atoms with Crippen LogP contribution in [0.3, 0.4) is 0 Å². The molecular weight excluding hydrogens is 262 g/mol. The average Bonchev–Trinajstić information content (AvgIpc) is 2.90. The highest BCUT2D eigenvalue weighted by Gasteiger charge is 2.37. The first-order chi connectivity index (χ1) is 10.3. The van der Waals surface area contributed by atoms with Gasteiger partial charge in [0.05, 0.1) is 6.04 Å². The molecule has 3 atom stereocenters. The van der Waals surface area contributed by atoms with E-state index in [0.717, 1.165) is 45.1 Å². The number of piperazine rings is 1. The molecule has 1 aliphatic carbocycles. The predicted molar refractivity (Wildman–Crippen MR) is 85.2 cm³/mol. The van der Waals surface area contributed by atoms with Crippen LogP contribution in [0.1, 0.15) is 51.9 Å². The van der Waals surface area contributed by atoms with Crippen LogP contribution in [0.4, 0.5) is 0 Å². The first kappa shape index (κ1) is 15.3. The molecule has 4 heteroatoms. The highest BCUT2D eigenvalue weighted by atomic mass is 16.2. The summed E-state index contributed by atoms with van der Waals surface area (Å²) in [6.07, 6.45) is 8.94. The SMILES string of the molecule is CC1CCCC(N2CCCC2C(=O)N2CCNCC2)CC1. The number of nitrogens with one attached hydrogen (secondary N) is 1. The van der Waals surface area contributed by atoms with Crippen molar-refractivity contribution in [1.29, 1.82) is 0 Å². The molecule has 1 saturated carbocycles. The van der Waals surface area contributed by atoms with Crippen molar-refractivity contribution in [2.75, 3.05) is 32.7 Å². The second-order valence-corrected chi connectivity index (χ2v) is 7.24. The molecule has 0 aromatic heterocycles. The van der Waals surface area contributed by atoms with Crippen molar-refractivity contribution in [2.24, 2.45) is 5.92 Å². The number of amides is 1. The largest absolute Gasteiger partial charge is 0.339 e. The van der Waals surface area contributed by atoms with Gasteiger partial charge in [-0.05, 0) is 44.6 Å². The number of hydrogen-bond acceptors (Lipinski definition) is 3. The van der Waals surface area contributed by atoms with E-state index in [0.29, 0.717) is 11.9 Å². The van der Waals surface area contributed by atoms with Gasteiger partial charge in [0, 0.05) is 32.2 Å². The van der Waals surface area contributed by atoms with Gasteiger partial charge in [0.25, 0.3) is 0 Å². The zero-order chi connectivity index (χ0) is 14.7. The number of carbonyl (C=O) groups excluding carboxylic acids is 1. The Labute approximate surface area is 129 Å². The Morgan fingerprint density at radius 2 is 1.76 bits per heavy atom. The molecule has 3 fully saturated rings. The van der Waals surface area contributed by atoms with Gasteiger partial charge in [0.2, 0.25) is 5.91 Å². The van der Waals surface area contributed by atoms with Crippen LogP contribution in [0, 0.1) is 5.92 Å². The highest BCUT2D eigenvalue weighted by molar-refractivity contribution is 5.82. The standard InChI is InChI=1S/C17H31N3O/c1-14-4-2-5-15(8-7-14)20-11-3-6-16(20)17(21)19-12-9-18-10-13-19/h14-16,18H,2-13H2,1H3. The van der Waals surface area contributed by atoms with E-state index in [9.17, 15) is 4.79 Å². The Kier molecular flexibility index (Phi) is 5.17. The normalized spacial score (nSPS) is 35.7. The minimum atomic E-state index is 0.182. The Morgan fingerprint density at radius 1 is 0.952 bits per heavy atom. The monoisotopic (exact) mass is 293 g/mol. The first-order valence-electron chi connectivity index (χ1n) is 9.01. The lowest BCUT2D eigenvalue weighted by Gasteiger charge is -2.36. The topological polar surface area (TPSA) is 35.6 Å². The lowest BCUT2D eigenvalue weighted by molar-refractivity contribution is -0.137. The average molecular weight is 293 g/mol. The van der Waals surface area contributed by atoms with E-state index in [1.807, 2.05) is 0 Å². The van der Waals surface area contributed by atoms with Crippen molar-refractivity contribution < 1.29 is 4.79 Å². The summed E-state index contributed by atoms with van der Waals surface area (Å²) in [7, 11) is 0. The fourth-order valence-electron chi connectivity index (χ4n) is 4.39. The van der Waals surface area contributed by atoms with Crippen LogP contribution in [0.5, 0.6) is 0 Å². The summed E-state index contributed by atoms with van der Waals surface area (Å²) in [6, 6.07) is 0.843. The first-order valence-corrected chi connectivity index (χ1v) is 9.01. The van der Waals surface area contributed by atoms with Crippen molar-refractivity contribution in [3.8, 4) is 0 Å². The molecule has 2 heterocycles. The van der Waals surface area contributed by atoms with E-state index in [-0.39, 0.29) is 6.04 Å². The van der Waals surface area contributed by atoms with Gasteiger partial charge in [-0.25, -0.2) is 0 Å². The zero-order valence-corrected chi connectivity index (χ0v) is 13.5. The van der Waals surface area contributed by atoms with Crippen LogP contribution in [-0.2, 0) is 4.79 Å². The van der Waals surface area contributed by atoms with Crippen LogP contribution in [0.15, 0.2) is 0 Å². The Balaban J connectivity index is 1.62. The molecule has 0 aromatic rings. The minimum absolute atomic E-state index is 0.182. The van der Waals surface area contributed by atoms with Crippen molar-refractivity contribution in [3.63, 3.8) is 0 Å². The fourth-order valence-corrected chi connectivity index (χ4v) is 4.39. The molecule has 3 aliphatic rings. The van der Waals surface area contributed by atoms with E-state index in [4.69, 9.17) is 0 Å². The van der Waals surface area contributed by atoms with Crippen molar-refractivity contribution in [1.82, 2.24) is 15.1 Å². The van der Waals surface area contributed by atoms with E-state index in [1.54, 1.807) is 0 Å². The molecule has 3 unspecified atom stereocenters. The predicted octanol–water partition coefficient (Wildman–Crippen LogP) is 1.85. The van der Waals surface area contributed by atoms with Crippen molar-refractivity contribution >= 4 is 5.91 Å². The summed E-state index contributed by atoms with van der Waals surface area (Å²) in [5.74, 6) is 1.28. The maximum atomic E-state index is 12.9. The number of carbonyl (C=O) groups is 1. The molecule has 120 valence electrons. The fraction of sp³-hybridized carbons (Fsp3) is 0.941. The number of hydrogen-bond donors (Lipinski definition) is 1. The molecule has 2 saturated heterocycles. The smallest absolute Gasteiger partial charge is 0.240 e. The van der Waals surface area contributed by atoms with Crippen LogP contribution >= 0.6 is 0 Å². The molecular formula is C17H31N3O. The van der Waals surface area contributed by atoms with Gasteiger partial charge >= 0.3 is 0 Å². The third kappa shape index (κ3) is 3.59. The Hall–Kier alpha value is -0.610. The van der Waals surface area contributed by atoms with Gasteiger partial charge in [0.1, 0.15) is 0 Å². The van der Waals surface area contributed by atoms with E-state index in [1.165, 1.54) is 38.5 Å². The quantitative estimate of drug-likeness (QED) is 0.789. The van der Waals surface area contributed by atoms with Crippen molar-refractivity contribution in [3.05, 3.63) is 0 Å². The number of likely N-dealkylation sites (tertiary alicyclic amines) is 1. The zero-order valence-electron chi connectivity index (χ0n) is 13.5.